The molecule has 0 N–H and O–H groups in total. The van der Waals surface area contributed by atoms with Crippen molar-refractivity contribution in [3.05, 3.63) is 102 Å². The van der Waals surface area contributed by atoms with E-state index in [0.717, 1.165) is 28.2 Å². The van der Waals surface area contributed by atoms with Crippen LogP contribution in [0, 0.1) is 6.29 Å². The Morgan fingerprint density at radius 3 is 1.44 bits per heavy atom. The van der Waals surface area contributed by atoms with Gasteiger partial charge in [-0.2, -0.15) is 0 Å². The summed E-state index contributed by atoms with van der Waals surface area (Å²) in [6, 6.07) is 25.4. The van der Waals surface area contributed by atoms with Crippen LogP contribution in [0.3, 0.4) is 0 Å². The third kappa shape index (κ3) is 5.58. The van der Waals surface area contributed by atoms with Crippen molar-refractivity contribution >= 4 is 0 Å². The van der Waals surface area contributed by atoms with Crippen molar-refractivity contribution in [3.63, 3.8) is 0 Å². The van der Waals surface area contributed by atoms with Gasteiger partial charge in [0.15, 0.2) is 0 Å². The van der Waals surface area contributed by atoms with E-state index in [2.05, 4.69) is 0 Å². The third-order valence-electron chi connectivity index (χ3n) is 4.07. The Morgan fingerprint density at radius 2 is 1.04 bits per heavy atom. The fourth-order valence-corrected chi connectivity index (χ4v) is 2.52. The van der Waals surface area contributed by atoms with Crippen LogP contribution in [0.5, 0.6) is 11.5 Å². The summed E-state index contributed by atoms with van der Waals surface area (Å²) in [7, 11) is 3.31. The molecular formula is C23H23O4. The van der Waals surface area contributed by atoms with Gasteiger partial charge in [-0.1, -0.05) is 54.6 Å². The first-order chi connectivity index (χ1) is 13.3. The van der Waals surface area contributed by atoms with E-state index >= 15 is 0 Å². The highest BCUT2D eigenvalue weighted by atomic mass is 16.7. The second-order valence-electron chi connectivity index (χ2n) is 5.93. The van der Waals surface area contributed by atoms with Crippen molar-refractivity contribution in [2.24, 2.45) is 0 Å². The molecule has 0 aromatic heterocycles. The monoisotopic (exact) mass is 363 g/mol. The highest BCUT2D eigenvalue weighted by Crippen LogP contribution is 2.22. The van der Waals surface area contributed by atoms with Gasteiger partial charge in [0.05, 0.1) is 27.4 Å². The lowest BCUT2D eigenvalue weighted by Crippen LogP contribution is -2.10. The first-order valence-corrected chi connectivity index (χ1v) is 8.72. The average Bonchev–Trinajstić information content (AvgIpc) is 2.75. The maximum absolute atomic E-state index is 5.98. The van der Waals surface area contributed by atoms with Gasteiger partial charge < -0.3 is 18.9 Å². The molecule has 4 heteroatoms. The van der Waals surface area contributed by atoms with Gasteiger partial charge in [-0.25, -0.2) is 0 Å². The molecule has 1 radical (unpaired) electrons. The van der Waals surface area contributed by atoms with Crippen molar-refractivity contribution in [3.8, 4) is 11.5 Å². The molecule has 3 aromatic rings. The van der Waals surface area contributed by atoms with Crippen molar-refractivity contribution in [1.29, 1.82) is 0 Å². The minimum atomic E-state index is 0.414. The molecule has 0 spiro atoms. The van der Waals surface area contributed by atoms with Crippen LogP contribution in [-0.2, 0) is 22.7 Å². The van der Waals surface area contributed by atoms with Crippen LogP contribution in [0.25, 0.3) is 0 Å². The number of benzene rings is 3. The predicted molar refractivity (Wildman–Crippen MR) is 104 cm³/mol. The first-order valence-electron chi connectivity index (χ1n) is 8.72. The van der Waals surface area contributed by atoms with Crippen LogP contribution in [-0.4, -0.2) is 14.2 Å². The predicted octanol–water partition coefficient (Wildman–Crippen LogP) is 4.97. The fourth-order valence-electron chi connectivity index (χ4n) is 2.52. The molecule has 0 aliphatic rings. The summed E-state index contributed by atoms with van der Waals surface area (Å²) in [6.45, 7) is 0.827. The Kier molecular flexibility index (Phi) is 6.85. The van der Waals surface area contributed by atoms with Gasteiger partial charge >= 0.3 is 0 Å². The summed E-state index contributed by atoms with van der Waals surface area (Å²) in [6.07, 6.45) is 0.502. The minimum Gasteiger partial charge on any atom is -0.497 e. The molecule has 0 amide bonds. The summed E-state index contributed by atoms with van der Waals surface area (Å²) in [5.74, 6) is 1.64. The second kappa shape index (κ2) is 9.76. The number of rotatable bonds is 9. The molecule has 0 atom stereocenters. The van der Waals surface area contributed by atoms with Crippen LogP contribution in [0.4, 0.5) is 0 Å². The summed E-state index contributed by atoms with van der Waals surface area (Å²) in [5.41, 5.74) is 2.98. The molecule has 4 nitrogen and oxygen atoms in total. The summed E-state index contributed by atoms with van der Waals surface area (Å²) in [4.78, 5) is 0. The molecule has 0 unspecified atom stereocenters. The standard InChI is InChI=1S/C23H23O4/c1-24-21-12-8-18(9-13-21)16-26-23(20-6-4-3-5-7-20)27-17-19-10-14-22(25-2)15-11-19/h3-15H,16-17H2,1-2H3. The Balaban J connectivity index is 1.64. The Bertz CT molecular complexity index is 747. The van der Waals surface area contributed by atoms with Crippen LogP contribution < -0.4 is 9.47 Å². The summed E-state index contributed by atoms with van der Waals surface area (Å²) in [5, 5.41) is 0. The van der Waals surface area contributed by atoms with Crippen molar-refractivity contribution in [2.45, 2.75) is 13.2 Å². The molecule has 0 aliphatic heterocycles. The van der Waals surface area contributed by atoms with E-state index in [1.165, 1.54) is 0 Å². The molecule has 0 aliphatic carbocycles. The number of methoxy groups -OCH3 is 2. The quantitative estimate of drug-likeness (QED) is 0.538. The number of hydrogen-bond acceptors (Lipinski definition) is 4. The smallest absolute Gasteiger partial charge is 0.256 e. The highest BCUT2D eigenvalue weighted by molar-refractivity contribution is 5.29. The lowest BCUT2D eigenvalue weighted by atomic mass is 10.2. The average molecular weight is 363 g/mol. The van der Waals surface area contributed by atoms with Gasteiger partial charge in [-0.3, -0.25) is 0 Å². The lowest BCUT2D eigenvalue weighted by molar-refractivity contribution is -0.0410. The van der Waals surface area contributed by atoms with Crippen LogP contribution in [0.15, 0.2) is 78.9 Å². The SMILES string of the molecule is COc1ccc(CO[C](OCc2ccc(OC)cc2)c2ccccc2)cc1. The first kappa shape index (κ1) is 19.0. The van der Waals surface area contributed by atoms with E-state index in [9.17, 15) is 0 Å². The molecule has 3 rings (SSSR count). The zero-order valence-corrected chi connectivity index (χ0v) is 15.6. The van der Waals surface area contributed by atoms with Crippen LogP contribution >= 0.6 is 0 Å². The summed E-state index contributed by atoms with van der Waals surface area (Å²) >= 11 is 0. The zero-order chi connectivity index (χ0) is 18.9. The van der Waals surface area contributed by atoms with Crippen LogP contribution in [0.1, 0.15) is 16.7 Å². The molecule has 3 aromatic carbocycles. The normalized spacial score (nSPS) is 10.8. The van der Waals surface area contributed by atoms with E-state index < -0.39 is 0 Å². The lowest BCUT2D eigenvalue weighted by Gasteiger charge is -2.17. The Hall–Kier alpha value is -2.82. The van der Waals surface area contributed by atoms with Gasteiger partial charge in [0.1, 0.15) is 11.5 Å². The molecule has 0 fully saturated rings. The minimum absolute atomic E-state index is 0.414. The highest BCUT2D eigenvalue weighted by Gasteiger charge is 2.15. The molecule has 0 saturated carbocycles. The molecular weight excluding hydrogens is 340 g/mol. The van der Waals surface area contributed by atoms with E-state index in [0.29, 0.717) is 19.5 Å². The fraction of sp³-hybridized carbons (Fsp3) is 0.174. The Morgan fingerprint density at radius 1 is 0.593 bits per heavy atom. The largest absolute Gasteiger partial charge is 0.497 e. The molecule has 139 valence electrons. The zero-order valence-electron chi connectivity index (χ0n) is 15.6. The maximum atomic E-state index is 5.98. The van der Waals surface area contributed by atoms with Crippen molar-refractivity contribution in [1.82, 2.24) is 0 Å². The topological polar surface area (TPSA) is 36.9 Å². The van der Waals surface area contributed by atoms with Crippen LogP contribution in [0.2, 0.25) is 0 Å². The van der Waals surface area contributed by atoms with Crippen molar-refractivity contribution < 1.29 is 18.9 Å². The summed E-state index contributed by atoms with van der Waals surface area (Å²) < 4.78 is 22.3. The van der Waals surface area contributed by atoms with Crippen molar-refractivity contribution in [2.75, 3.05) is 14.2 Å². The maximum Gasteiger partial charge on any atom is 0.256 e. The van der Waals surface area contributed by atoms with E-state index in [-0.39, 0.29) is 0 Å². The molecule has 27 heavy (non-hydrogen) atoms. The van der Waals surface area contributed by atoms with Gasteiger partial charge in [0.25, 0.3) is 6.29 Å². The molecule has 0 bridgehead atoms. The van der Waals surface area contributed by atoms with Gasteiger partial charge in [0, 0.05) is 5.56 Å². The third-order valence-corrected chi connectivity index (χ3v) is 4.07. The number of ether oxygens (including phenoxy) is 4. The number of hydrogen-bond donors (Lipinski definition) is 0. The Labute approximate surface area is 160 Å². The second-order valence-corrected chi connectivity index (χ2v) is 5.93. The van der Waals surface area contributed by atoms with E-state index in [1.54, 1.807) is 14.2 Å². The van der Waals surface area contributed by atoms with E-state index in [1.807, 2.05) is 78.9 Å². The van der Waals surface area contributed by atoms with E-state index in [4.69, 9.17) is 18.9 Å². The van der Waals surface area contributed by atoms with Gasteiger partial charge in [-0.05, 0) is 35.4 Å². The van der Waals surface area contributed by atoms with Gasteiger partial charge in [0.2, 0.25) is 0 Å². The van der Waals surface area contributed by atoms with Gasteiger partial charge in [-0.15, -0.1) is 0 Å². The molecule has 0 heterocycles. The molecule has 0 saturated heterocycles.